The van der Waals surface area contributed by atoms with E-state index in [4.69, 9.17) is 34.2 Å². The number of aliphatic hydroxyl groups is 11. The number of ether oxygens (including phenoxy) is 6. The molecule has 15 atom stereocenters. The van der Waals surface area contributed by atoms with Gasteiger partial charge in [-0.3, -0.25) is 24.1 Å². The minimum atomic E-state index is -1.73. The summed E-state index contributed by atoms with van der Waals surface area (Å²) in [5.74, 6) is -1.90. The Labute approximate surface area is 394 Å². The van der Waals surface area contributed by atoms with E-state index in [0.717, 1.165) is 12.8 Å². The first-order valence-corrected chi connectivity index (χ1v) is 23.1. The Morgan fingerprint density at radius 1 is 0.515 bits per heavy atom. The van der Waals surface area contributed by atoms with Crippen LogP contribution in [0.1, 0.15) is 51.9 Å². The molecule has 3 heterocycles. The number of carbonyl (C=O) groups is 4. The van der Waals surface area contributed by atoms with Crippen LogP contribution in [0, 0.1) is 0 Å². The smallest absolute Gasteiger partial charge is 0.236 e. The summed E-state index contributed by atoms with van der Waals surface area (Å²) in [6, 6.07) is 0. The van der Waals surface area contributed by atoms with Crippen LogP contribution in [0.4, 0.5) is 0 Å². The SMILES string of the molecule is C[C@@H]1O[C@@H](OCCNC(=O)CCCCCNC(=O)CN(CC(=O)NCCCCCN)CC(=O)N(CCO[C@H]2O[C@H](CO)[C@@H](O)[C@H](O)[C@@H]2O)CCO[C@H]2O[C@H](CO)[C@@H](O)[C@H](O)[C@@H]2O)[C@@H](O)[C@H](O)[C@@H]1O. The predicted octanol–water partition coefficient (Wildman–Crippen LogP) is -8.37. The second-order valence-corrected chi connectivity index (χ2v) is 16.9. The number of unbranched alkanes of at least 4 members (excludes halogenated alkanes) is 4. The number of hydrogen-bond donors (Lipinski definition) is 15. The first-order chi connectivity index (χ1) is 32.4. The highest BCUT2D eigenvalue weighted by molar-refractivity contribution is 5.84. The van der Waals surface area contributed by atoms with Crippen molar-refractivity contribution >= 4 is 23.6 Å². The van der Waals surface area contributed by atoms with Crippen molar-refractivity contribution in [3.63, 3.8) is 0 Å². The molecule has 396 valence electrons. The summed E-state index contributed by atoms with van der Waals surface area (Å²) >= 11 is 0. The molecule has 3 aliphatic heterocycles. The fourth-order valence-corrected chi connectivity index (χ4v) is 7.40. The Hall–Kier alpha value is -2.88. The van der Waals surface area contributed by atoms with E-state index in [1.165, 1.54) is 16.7 Å². The van der Waals surface area contributed by atoms with Gasteiger partial charge in [0.2, 0.25) is 23.6 Å². The Morgan fingerprint density at radius 3 is 1.44 bits per heavy atom. The summed E-state index contributed by atoms with van der Waals surface area (Å²) in [6.07, 6.45) is -18.0. The van der Waals surface area contributed by atoms with Crippen LogP contribution in [0.5, 0.6) is 0 Å². The van der Waals surface area contributed by atoms with Crippen molar-refractivity contribution in [1.82, 2.24) is 25.8 Å². The fourth-order valence-electron chi connectivity index (χ4n) is 7.40. The molecule has 0 aliphatic carbocycles. The lowest BCUT2D eigenvalue weighted by molar-refractivity contribution is -0.303. The molecule has 0 radical (unpaired) electrons. The molecular weight excluding hydrogens is 912 g/mol. The third-order valence-electron chi connectivity index (χ3n) is 11.6. The maximum Gasteiger partial charge on any atom is 0.236 e. The van der Waals surface area contributed by atoms with E-state index in [9.17, 15) is 75.3 Å². The molecule has 3 fully saturated rings. The number of aliphatic hydroxyl groups excluding tert-OH is 11. The molecule has 68 heavy (non-hydrogen) atoms. The van der Waals surface area contributed by atoms with Gasteiger partial charge in [0, 0.05) is 39.1 Å². The zero-order valence-electron chi connectivity index (χ0n) is 38.5. The summed E-state index contributed by atoms with van der Waals surface area (Å²) in [6.45, 7) is -1.25. The number of nitrogens with zero attached hydrogens (tertiary/aromatic N) is 2. The number of amides is 4. The van der Waals surface area contributed by atoms with Gasteiger partial charge in [-0.05, 0) is 39.2 Å². The number of nitrogens with two attached hydrogens (primary N) is 1. The maximum absolute atomic E-state index is 14.0. The first kappa shape index (κ1) is 59.4. The lowest BCUT2D eigenvalue weighted by Crippen LogP contribution is -2.59. The Morgan fingerprint density at radius 2 is 0.956 bits per heavy atom. The Kier molecular flexibility index (Phi) is 27.5. The number of carbonyl (C=O) groups excluding carboxylic acids is 4. The number of nitrogens with one attached hydrogen (secondary N) is 3. The number of rotatable bonds is 31. The van der Waals surface area contributed by atoms with E-state index in [2.05, 4.69) is 16.0 Å². The second-order valence-electron chi connectivity index (χ2n) is 16.9. The van der Waals surface area contributed by atoms with Gasteiger partial charge in [-0.2, -0.15) is 0 Å². The summed E-state index contributed by atoms with van der Waals surface area (Å²) in [5.41, 5.74) is 5.55. The molecule has 0 unspecified atom stereocenters. The molecular formula is C41H76N6O21. The fraction of sp³-hybridized carbons (Fsp3) is 0.902. The van der Waals surface area contributed by atoms with Gasteiger partial charge in [0.1, 0.15) is 67.1 Å². The molecule has 27 heteroatoms. The Bertz CT molecular complexity index is 1430. The third-order valence-corrected chi connectivity index (χ3v) is 11.6. The minimum Gasteiger partial charge on any atom is -0.394 e. The highest BCUT2D eigenvalue weighted by Crippen LogP contribution is 2.24. The predicted molar refractivity (Wildman–Crippen MR) is 231 cm³/mol. The molecule has 3 saturated heterocycles. The Balaban J connectivity index is 1.56. The molecule has 0 saturated carbocycles. The van der Waals surface area contributed by atoms with Gasteiger partial charge in [-0.1, -0.05) is 12.8 Å². The van der Waals surface area contributed by atoms with Gasteiger partial charge >= 0.3 is 0 Å². The molecule has 0 aromatic carbocycles. The van der Waals surface area contributed by atoms with Gasteiger partial charge in [0.05, 0.1) is 58.8 Å². The summed E-state index contributed by atoms with van der Waals surface area (Å²) in [7, 11) is 0. The highest BCUT2D eigenvalue weighted by atomic mass is 16.7. The van der Waals surface area contributed by atoms with Crippen LogP contribution >= 0.6 is 0 Å². The summed E-state index contributed by atoms with van der Waals surface area (Å²) < 4.78 is 32.7. The molecule has 0 spiro atoms. The van der Waals surface area contributed by atoms with Crippen LogP contribution in [0.15, 0.2) is 0 Å². The van der Waals surface area contributed by atoms with Gasteiger partial charge in [-0.15, -0.1) is 0 Å². The normalized spacial score (nSPS) is 31.9. The lowest BCUT2D eigenvalue weighted by atomic mass is 9.99. The zero-order valence-corrected chi connectivity index (χ0v) is 38.5. The van der Waals surface area contributed by atoms with E-state index in [1.807, 2.05) is 0 Å². The van der Waals surface area contributed by atoms with Crippen molar-refractivity contribution in [2.75, 3.05) is 91.9 Å². The van der Waals surface area contributed by atoms with Gasteiger partial charge in [-0.25, -0.2) is 0 Å². The quantitative estimate of drug-likeness (QED) is 0.0287. The summed E-state index contributed by atoms with van der Waals surface area (Å²) in [5, 5.41) is 119. The van der Waals surface area contributed by atoms with Crippen molar-refractivity contribution in [3.05, 3.63) is 0 Å². The van der Waals surface area contributed by atoms with Gasteiger partial charge in [0.15, 0.2) is 18.9 Å². The molecule has 3 aliphatic rings. The van der Waals surface area contributed by atoms with Crippen LogP contribution < -0.4 is 21.7 Å². The minimum absolute atomic E-state index is 0.0218. The van der Waals surface area contributed by atoms with E-state index < -0.39 is 136 Å². The molecule has 3 rings (SSSR count). The maximum atomic E-state index is 14.0. The molecule has 27 nitrogen and oxygen atoms in total. The van der Waals surface area contributed by atoms with Crippen LogP contribution in [-0.2, 0) is 47.6 Å². The van der Waals surface area contributed by atoms with E-state index in [1.54, 1.807) is 0 Å². The van der Waals surface area contributed by atoms with Crippen molar-refractivity contribution in [1.29, 1.82) is 0 Å². The van der Waals surface area contributed by atoms with E-state index in [0.29, 0.717) is 38.8 Å². The second kappa shape index (κ2) is 31.5. The number of hydrogen-bond acceptors (Lipinski definition) is 23. The van der Waals surface area contributed by atoms with E-state index in [-0.39, 0.29) is 64.9 Å². The van der Waals surface area contributed by atoms with Crippen molar-refractivity contribution in [2.45, 2.75) is 144 Å². The van der Waals surface area contributed by atoms with Crippen LogP contribution in [-0.4, -0.2) is 274 Å². The van der Waals surface area contributed by atoms with Crippen LogP contribution in [0.3, 0.4) is 0 Å². The van der Waals surface area contributed by atoms with Gasteiger partial charge in [0.25, 0.3) is 0 Å². The zero-order chi connectivity index (χ0) is 50.3. The molecule has 0 aromatic rings. The highest BCUT2D eigenvalue weighted by Gasteiger charge is 2.46. The largest absolute Gasteiger partial charge is 0.394 e. The van der Waals surface area contributed by atoms with Crippen molar-refractivity contribution < 1.29 is 104 Å². The van der Waals surface area contributed by atoms with E-state index >= 15 is 0 Å². The topological polar surface area (TPSA) is 415 Å². The van der Waals surface area contributed by atoms with Crippen molar-refractivity contribution in [3.8, 4) is 0 Å². The third kappa shape index (κ3) is 19.4. The monoisotopic (exact) mass is 989 g/mol. The molecule has 4 amide bonds. The standard InChI is InChI=1S/C41H76N6O21/c1-23-30(54)33(57)36(60)39(66-23)63-15-12-45-26(50)8-4-2-6-10-43-27(51)18-46(19-28(52)44-11-7-3-5-9-42)20-29(53)47(13-16-64-40-37(61)34(58)31(55)24(21-48)67-40)14-17-65-41-38(62)35(59)32(56)25(22-49)68-41/h23-25,30-41,48-49,54-62H,2-22,42H2,1H3,(H,43,51)(H,44,52)(H,45,50)/t23-,24+,25+,30+,31+,32+,33+,34-,35-,36-,37-,38-,39+,40-,41-/m0/s1. The average molecular weight is 989 g/mol. The molecule has 16 N–H and O–H groups in total. The average Bonchev–Trinajstić information content (AvgIpc) is 3.31. The van der Waals surface area contributed by atoms with Crippen LogP contribution in [0.25, 0.3) is 0 Å². The lowest BCUT2D eigenvalue weighted by Gasteiger charge is -2.40. The molecule has 0 aromatic heterocycles. The van der Waals surface area contributed by atoms with Gasteiger partial charge < -0.3 is 111 Å². The summed E-state index contributed by atoms with van der Waals surface area (Å²) in [4.78, 5) is 55.0. The van der Waals surface area contributed by atoms with Crippen LogP contribution in [0.2, 0.25) is 0 Å². The molecule has 0 bridgehead atoms. The van der Waals surface area contributed by atoms with Crippen molar-refractivity contribution in [2.24, 2.45) is 5.73 Å². The first-order valence-electron chi connectivity index (χ1n) is 23.1.